The Morgan fingerprint density at radius 2 is 1.70 bits per heavy atom. The molecule has 27 heavy (non-hydrogen) atoms. The van der Waals surface area contributed by atoms with Crippen molar-refractivity contribution in [3.05, 3.63) is 95.1 Å². The van der Waals surface area contributed by atoms with Crippen molar-refractivity contribution in [1.82, 2.24) is 0 Å². The minimum absolute atomic E-state index is 0.194. The van der Waals surface area contributed by atoms with Gasteiger partial charge in [-0.1, -0.05) is 54.6 Å². The zero-order valence-electron chi connectivity index (χ0n) is 15.3. The van der Waals surface area contributed by atoms with Crippen molar-refractivity contribution in [1.29, 1.82) is 0 Å². The molecule has 134 valence electrons. The van der Waals surface area contributed by atoms with Crippen molar-refractivity contribution in [2.75, 3.05) is 0 Å². The summed E-state index contributed by atoms with van der Waals surface area (Å²) in [6.07, 6.45) is 1.98. The van der Waals surface area contributed by atoms with Gasteiger partial charge in [-0.2, -0.15) is 0 Å². The number of hydrogen-bond acceptors (Lipinski definition) is 3. The number of carbonyl (C=O) groups excluding carboxylic acids is 1. The Bertz CT molecular complexity index is 1000. The van der Waals surface area contributed by atoms with Crippen LogP contribution in [-0.2, 0) is 4.79 Å². The predicted molar refractivity (Wildman–Crippen MR) is 107 cm³/mol. The Kier molecular flexibility index (Phi) is 4.51. The maximum Gasteiger partial charge on any atom is 0.308 e. The third-order valence-corrected chi connectivity index (χ3v) is 4.56. The first-order valence-corrected chi connectivity index (χ1v) is 8.93. The summed E-state index contributed by atoms with van der Waals surface area (Å²) in [5, 5.41) is 0. The molecule has 1 aliphatic rings. The largest absolute Gasteiger partial charge is 0.480 e. The average Bonchev–Trinajstić information content (AvgIpc) is 2.68. The van der Waals surface area contributed by atoms with Crippen LogP contribution in [0.2, 0.25) is 0 Å². The van der Waals surface area contributed by atoms with Crippen molar-refractivity contribution in [3.8, 4) is 11.5 Å². The molecule has 0 saturated heterocycles. The lowest BCUT2D eigenvalue weighted by atomic mass is 9.90. The lowest BCUT2D eigenvalue weighted by molar-refractivity contribution is -0.131. The van der Waals surface area contributed by atoms with Crippen LogP contribution >= 0.6 is 0 Å². The van der Waals surface area contributed by atoms with E-state index < -0.39 is 0 Å². The summed E-state index contributed by atoms with van der Waals surface area (Å²) in [4.78, 5) is 11.1. The van der Waals surface area contributed by atoms with Crippen LogP contribution in [-0.4, -0.2) is 5.97 Å². The molecule has 1 atom stereocenters. The number of benzene rings is 3. The summed E-state index contributed by atoms with van der Waals surface area (Å²) in [5.74, 6) is 1.11. The van der Waals surface area contributed by atoms with Gasteiger partial charge in [0.1, 0.15) is 17.6 Å². The Balaban J connectivity index is 1.78. The summed E-state index contributed by atoms with van der Waals surface area (Å²) in [6, 6.07) is 24.0. The highest BCUT2D eigenvalue weighted by atomic mass is 16.5. The van der Waals surface area contributed by atoms with Crippen molar-refractivity contribution in [2.45, 2.75) is 20.0 Å². The topological polar surface area (TPSA) is 35.5 Å². The standard InChI is InChI=1S/C24H20O3/c1-16-8-9-20-15-22(18-10-12-21(13-11-18)26-17(2)25)24(27-23(20)14-16)19-6-4-3-5-7-19/h3-15,24H,1-2H3. The molecule has 0 spiro atoms. The smallest absolute Gasteiger partial charge is 0.308 e. The van der Waals surface area contributed by atoms with Crippen LogP contribution in [0.4, 0.5) is 0 Å². The molecule has 0 N–H and O–H groups in total. The predicted octanol–water partition coefficient (Wildman–Crippen LogP) is 5.59. The number of esters is 1. The molecule has 0 radical (unpaired) electrons. The number of aryl methyl sites for hydroxylation is 1. The lowest BCUT2D eigenvalue weighted by Crippen LogP contribution is -2.14. The van der Waals surface area contributed by atoms with Gasteiger partial charge >= 0.3 is 5.97 Å². The van der Waals surface area contributed by atoms with Crippen molar-refractivity contribution < 1.29 is 14.3 Å². The van der Waals surface area contributed by atoms with Crippen LogP contribution < -0.4 is 9.47 Å². The van der Waals surface area contributed by atoms with Gasteiger partial charge in [0.25, 0.3) is 0 Å². The van der Waals surface area contributed by atoms with Gasteiger partial charge in [-0.25, -0.2) is 0 Å². The maximum atomic E-state index is 11.1. The van der Waals surface area contributed by atoms with E-state index in [0.29, 0.717) is 5.75 Å². The van der Waals surface area contributed by atoms with Gasteiger partial charge < -0.3 is 9.47 Å². The summed E-state index contributed by atoms with van der Waals surface area (Å²) in [5.41, 5.74) is 5.44. The molecular weight excluding hydrogens is 336 g/mol. The quantitative estimate of drug-likeness (QED) is 0.453. The van der Waals surface area contributed by atoms with E-state index in [1.807, 2.05) is 42.5 Å². The van der Waals surface area contributed by atoms with Crippen molar-refractivity contribution in [2.24, 2.45) is 0 Å². The summed E-state index contributed by atoms with van der Waals surface area (Å²) >= 11 is 0. The maximum absolute atomic E-state index is 11.1. The summed E-state index contributed by atoms with van der Waals surface area (Å²) in [7, 11) is 0. The van der Waals surface area contributed by atoms with Crippen LogP contribution in [0.1, 0.15) is 35.3 Å². The molecule has 1 heterocycles. The molecule has 0 saturated carbocycles. The van der Waals surface area contributed by atoms with Gasteiger partial charge in [-0.3, -0.25) is 4.79 Å². The molecule has 4 rings (SSSR count). The van der Waals surface area contributed by atoms with Gasteiger partial charge in [0.15, 0.2) is 0 Å². The van der Waals surface area contributed by atoms with E-state index >= 15 is 0 Å². The number of rotatable bonds is 3. The molecule has 1 aliphatic heterocycles. The molecule has 0 aromatic heterocycles. The fourth-order valence-electron chi connectivity index (χ4n) is 3.29. The van der Waals surface area contributed by atoms with Crippen LogP contribution in [0.3, 0.4) is 0 Å². The monoisotopic (exact) mass is 356 g/mol. The minimum Gasteiger partial charge on any atom is -0.480 e. The number of carbonyl (C=O) groups is 1. The van der Waals surface area contributed by atoms with Gasteiger partial charge in [0.05, 0.1) is 0 Å². The van der Waals surface area contributed by atoms with E-state index in [-0.39, 0.29) is 12.1 Å². The van der Waals surface area contributed by atoms with Gasteiger partial charge in [0.2, 0.25) is 0 Å². The van der Waals surface area contributed by atoms with E-state index in [0.717, 1.165) is 28.0 Å². The van der Waals surface area contributed by atoms with Crippen LogP contribution in [0, 0.1) is 6.92 Å². The molecule has 3 aromatic rings. The van der Waals surface area contributed by atoms with E-state index in [2.05, 4.69) is 43.3 Å². The first-order valence-electron chi connectivity index (χ1n) is 8.93. The second kappa shape index (κ2) is 7.12. The fourth-order valence-corrected chi connectivity index (χ4v) is 3.29. The van der Waals surface area contributed by atoms with Crippen LogP contribution in [0.15, 0.2) is 72.8 Å². The second-order valence-electron chi connectivity index (χ2n) is 6.67. The van der Waals surface area contributed by atoms with Crippen LogP contribution in [0.25, 0.3) is 11.6 Å². The lowest BCUT2D eigenvalue weighted by Gasteiger charge is -2.28. The molecule has 3 heteroatoms. The first kappa shape index (κ1) is 17.1. The summed E-state index contributed by atoms with van der Waals surface area (Å²) in [6.45, 7) is 3.46. The van der Waals surface area contributed by atoms with E-state index in [1.54, 1.807) is 0 Å². The third-order valence-electron chi connectivity index (χ3n) is 4.56. The Hall–Kier alpha value is -3.33. The number of fused-ring (bicyclic) bond motifs is 1. The SMILES string of the molecule is CC(=O)Oc1ccc(C2=Cc3ccc(C)cc3OC2c2ccccc2)cc1. The molecule has 0 bridgehead atoms. The summed E-state index contributed by atoms with van der Waals surface area (Å²) < 4.78 is 11.6. The Labute approximate surface area is 158 Å². The average molecular weight is 356 g/mol. The van der Waals surface area contributed by atoms with Gasteiger partial charge in [-0.15, -0.1) is 0 Å². The Morgan fingerprint density at radius 1 is 0.963 bits per heavy atom. The van der Waals surface area contributed by atoms with Crippen LogP contribution in [0.5, 0.6) is 11.5 Å². The van der Waals surface area contributed by atoms with E-state index in [1.165, 1.54) is 12.5 Å². The molecule has 1 unspecified atom stereocenters. The van der Waals surface area contributed by atoms with E-state index in [9.17, 15) is 4.79 Å². The fraction of sp³-hybridized carbons (Fsp3) is 0.125. The van der Waals surface area contributed by atoms with Gasteiger partial charge in [0, 0.05) is 18.1 Å². The molecule has 3 aromatic carbocycles. The molecule has 3 nitrogen and oxygen atoms in total. The minimum atomic E-state index is -0.325. The van der Waals surface area contributed by atoms with Crippen molar-refractivity contribution >= 4 is 17.6 Å². The highest BCUT2D eigenvalue weighted by Gasteiger charge is 2.25. The van der Waals surface area contributed by atoms with Gasteiger partial charge in [-0.05, 0) is 47.9 Å². The highest BCUT2D eigenvalue weighted by molar-refractivity contribution is 5.88. The second-order valence-corrected chi connectivity index (χ2v) is 6.67. The molecule has 0 amide bonds. The normalized spacial score (nSPS) is 15.3. The zero-order chi connectivity index (χ0) is 18.8. The molecule has 0 fully saturated rings. The zero-order valence-corrected chi connectivity index (χ0v) is 15.3. The highest BCUT2D eigenvalue weighted by Crippen LogP contribution is 2.42. The third kappa shape index (κ3) is 3.63. The number of ether oxygens (including phenoxy) is 2. The van der Waals surface area contributed by atoms with E-state index in [4.69, 9.17) is 9.47 Å². The first-order chi connectivity index (χ1) is 13.1. The molecule has 0 aliphatic carbocycles. The molecular formula is C24H20O3. The number of hydrogen-bond donors (Lipinski definition) is 0. The van der Waals surface area contributed by atoms with Crippen molar-refractivity contribution in [3.63, 3.8) is 0 Å². The Morgan fingerprint density at radius 3 is 2.41 bits per heavy atom.